The SMILES string of the molecule is CN(CCOCC1CC1)C(=O)c1cccc2c1CCCN2.Cl. The molecule has 0 radical (unpaired) electrons. The molecule has 1 aromatic carbocycles. The number of halogens is 1. The average Bonchev–Trinajstić information content (AvgIpc) is 3.34. The van der Waals surface area contributed by atoms with E-state index in [1.807, 2.05) is 19.2 Å². The van der Waals surface area contributed by atoms with E-state index < -0.39 is 0 Å². The number of carbonyl (C=O) groups excluding carboxylic acids is 1. The molecule has 0 aromatic heterocycles. The number of rotatable bonds is 6. The number of hydrogen-bond donors (Lipinski definition) is 1. The average molecular weight is 325 g/mol. The Bertz CT molecular complexity index is 517. The molecule has 1 amide bonds. The highest BCUT2D eigenvalue weighted by atomic mass is 35.5. The van der Waals surface area contributed by atoms with E-state index in [2.05, 4.69) is 11.4 Å². The Labute approximate surface area is 138 Å². The van der Waals surface area contributed by atoms with Gasteiger partial charge in [-0.3, -0.25) is 4.79 Å². The lowest BCUT2D eigenvalue weighted by Gasteiger charge is -2.23. The van der Waals surface area contributed by atoms with Gasteiger partial charge in [-0.05, 0) is 49.3 Å². The first-order valence-corrected chi connectivity index (χ1v) is 7.94. The minimum absolute atomic E-state index is 0. The van der Waals surface area contributed by atoms with Crippen molar-refractivity contribution in [1.29, 1.82) is 0 Å². The highest BCUT2D eigenvalue weighted by Gasteiger charge is 2.22. The van der Waals surface area contributed by atoms with Gasteiger partial charge in [-0.25, -0.2) is 0 Å². The Balaban J connectivity index is 0.00000176. The summed E-state index contributed by atoms with van der Waals surface area (Å²) in [5.74, 6) is 0.879. The van der Waals surface area contributed by atoms with Crippen LogP contribution in [0.3, 0.4) is 0 Å². The third kappa shape index (κ3) is 4.14. The Kier molecular flexibility index (Phi) is 6.09. The van der Waals surface area contributed by atoms with Crippen molar-refractivity contribution in [3.05, 3.63) is 29.3 Å². The Morgan fingerprint density at radius 2 is 2.23 bits per heavy atom. The molecular weight excluding hydrogens is 300 g/mol. The maximum absolute atomic E-state index is 12.6. The Morgan fingerprint density at radius 1 is 1.41 bits per heavy atom. The van der Waals surface area contributed by atoms with Crippen LogP contribution in [0.15, 0.2) is 18.2 Å². The van der Waals surface area contributed by atoms with Gasteiger partial charge in [0.05, 0.1) is 6.61 Å². The van der Waals surface area contributed by atoms with Crippen LogP contribution in [0.1, 0.15) is 35.2 Å². The van der Waals surface area contributed by atoms with Crippen molar-refractivity contribution >= 4 is 24.0 Å². The third-order valence-electron chi connectivity index (χ3n) is 4.29. The van der Waals surface area contributed by atoms with Gasteiger partial charge in [-0.1, -0.05) is 6.07 Å². The first kappa shape index (κ1) is 17.1. The second kappa shape index (κ2) is 7.84. The van der Waals surface area contributed by atoms with E-state index in [1.165, 1.54) is 18.4 Å². The molecule has 1 aromatic rings. The fourth-order valence-corrected chi connectivity index (χ4v) is 2.75. The minimum Gasteiger partial charge on any atom is -0.385 e. The van der Waals surface area contributed by atoms with Crippen LogP contribution in [0.25, 0.3) is 0 Å². The second-order valence-electron chi connectivity index (χ2n) is 6.11. The fraction of sp³-hybridized carbons (Fsp3) is 0.588. The molecule has 122 valence electrons. The number of fused-ring (bicyclic) bond motifs is 1. The molecule has 5 heteroatoms. The molecule has 1 heterocycles. The third-order valence-corrected chi connectivity index (χ3v) is 4.29. The fourth-order valence-electron chi connectivity index (χ4n) is 2.75. The van der Waals surface area contributed by atoms with Crippen molar-refractivity contribution in [1.82, 2.24) is 4.90 Å². The van der Waals surface area contributed by atoms with Gasteiger partial charge in [0.1, 0.15) is 0 Å². The molecule has 0 saturated heterocycles. The number of likely N-dealkylation sites (N-methyl/N-ethyl adjacent to an activating group) is 1. The van der Waals surface area contributed by atoms with Gasteiger partial charge < -0.3 is 15.0 Å². The molecule has 1 N–H and O–H groups in total. The van der Waals surface area contributed by atoms with Gasteiger partial charge in [0.25, 0.3) is 5.91 Å². The van der Waals surface area contributed by atoms with Gasteiger partial charge in [0.2, 0.25) is 0 Å². The van der Waals surface area contributed by atoms with Crippen LogP contribution in [-0.4, -0.2) is 44.2 Å². The maximum Gasteiger partial charge on any atom is 0.254 e. The summed E-state index contributed by atoms with van der Waals surface area (Å²) in [7, 11) is 1.86. The number of anilines is 1. The zero-order chi connectivity index (χ0) is 14.7. The Hall–Kier alpha value is -1.26. The maximum atomic E-state index is 12.6. The predicted octanol–water partition coefficient (Wildman–Crippen LogP) is 2.97. The smallest absolute Gasteiger partial charge is 0.254 e. The first-order valence-electron chi connectivity index (χ1n) is 7.94. The number of amides is 1. The molecule has 1 aliphatic heterocycles. The first-order chi connectivity index (χ1) is 10.3. The van der Waals surface area contributed by atoms with Crippen LogP contribution >= 0.6 is 12.4 Å². The number of hydrogen-bond acceptors (Lipinski definition) is 3. The van der Waals surface area contributed by atoms with Crippen molar-refractivity contribution in [2.75, 3.05) is 38.7 Å². The molecule has 2 aliphatic rings. The van der Waals surface area contributed by atoms with Crippen molar-refractivity contribution < 1.29 is 9.53 Å². The molecule has 4 nitrogen and oxygen atoms in total. The summed E-state index contributed by atoms with van der Waals surface area (Å²) in [6.07, 6.45) is 4.68. The molecule has 1 aliphatic carbocycles. The minimum atomic E-state index is 0. The highest BCUT2D eigenvalue weighted by Crippen LogP contribution is 2.29. The summed E-state index contributed by atoms with van der Waals surface area (Å²) >= 11 is 0. The lowest BCUT2D eigenvalue weighted by molar-refractivity contribution is 0.0680. The standard InChI is InChI=1S/C17H24N2O2.ClH/c1-19(10-11-21-12-13-7-8-13)17(20)15-4-2-6-16-14(15)5-3-9-18-16;/h2,4,6,13,18H,3,5,7-12H2,1H3;1H. The van der Waals surface area contributed by atoms with Gasteiger partial charge in [-0.15, -0.1) is 12.4 Å². The molecule has 1 fully saturated rings. The van der Waals surface area contributed by atoms with Crippen LogP contribution in [-0.2, 0) is 11.2 Å². The van der Waals surface area contributed by atoms with Gasteiger partial charge >= 0.3 is 0 Å². The number of nitrogens with zero attached hydrogens (tertiary/aromatic N) is 1. The molecule has 0 bridgehead atoms. The van der Waals surface area contributed by atoms with Crippen molar-refractivity contribution in [2.24, 2.45) is 5.92 Å². The number of carbonyl (C=O) groups is 1. The largest absolute Gasteiger partial charge is 0.385 e. The lowest BCUT2D eigenvalue weighted by atomic mass is 9.97. The quantitative estimate of drug-likeness (QED) is 0.818. The summed E-state index contributed by atoms with van der Waals surface area (Å²) in [5.41, 5.74) is 3.12. The summed E-state index contributed by atoms with van der Waals surface area (Å²) in [6.45, 7) is 3.14. The molecule has 0 atom stereocenters. The monoisotopic (exact) mass is 324 g/mol. The lowest BCUT2D eigenvalue weighted by Crippen LogP contribution is -2.31. The van der Waals surface area contributed by atoms with Crippen LogP contribution in [0.2, 0.25) is 0 Å². The number of nitrogens with one attached hydrogen (secondary N) is 1. The van der Waals surface area contributed by atoms with Gasteiger partial charge in [0, 0.05) is 38.0 Å². The predicted molar refractivity (Wildman–Crippen MR) is 91.0 cm³/mol. The van der Waals surface area contributed by atoms with Crippen molar-refractivity contribution in [2.45, 2.75) is 25.7 Å². The van der Waals surface area contributed by atoms with Crippen LogP contribution < -0.4 is 5.32 Å². The van der Waals surface area contributed by atoms with E-state index in [0.717, 1.165) is 43.2 Å². The zero-order valence-electron chi connectivity index (χ0n) is 13.1. The summed E-state index contributed by atoms with van der Waals surface area (Å²) < 4.78 is 5.62. The van der Waals surface area contributed by atoms with Crippen molar-refractivity contribution in [3.63, 3.8) is 0 Å². The molecular formula is C17H25ClN2O2. The molecule has 0 spiro atoms. The highest BCUT2D eigenvalue weighted by molar-refractivity contribution is 5.97. The molecule has 1 saturated carbocycles. The van der Waals surface area contributed by atoms with E-state index >= 15 is 0 Å². The number of ether oxygens (including phenoxy) is 1. The molecule has 22 heavy (non-hydrogen) atoms. The molecule has 3 rings (SSSR count). The summed E-state index contributed by atoms with van der Waals surface area (Å²) in [6, 6.07) is 5.96. The summed E-state index contributed by atoms with van der Waals surface area (Å²) in [5, 5.41) is 3.37. The van der Waals surface area contributed by atoms with E-state index in [9.17, 15) is 4.79 Å². The van der Waals surface area contributed by atoms with Gasteiger partial charge in [-0.2, -0.15) is 0 Å². The van der Waals surface area contributed by atoms with Crippen LogP contribution in [0, 0.1) is 5.92 Å². The normalized spacial score (nSPS) is 16.2. The van der Waals surface area contributed by atoms with Crippen LogP contribution in [0.4, 0.5) is 5.69 Å². The van der Waals surface area contributed by atoms with E-state index in [4.69, 9.17) is 4.74 Å². The van der Waals surface area contributed by atoms with E-state index in [-0.39, 0.29) is 18.3 Å². The van der Waals surface area contributed by atoms with Gasteiger partial charge in [0.15, 0.2) is 0 Å². The number of benzene rings is 1. The van der Waals surface area contributed by atoms with E-state index in [0.29, 0.717) is 13.2 Å². The Morgan fingerprint density at radius 3 is 3.00 bits per heavy atom. The zero-order valence-corrected chi connectivity index (χ0v) is 14.0. The second-order valence-corrected chi connectivity index (χ2v) is 6.11. The van der Waals surface area contributed by atoms with Crippen molar-refractivity contribution in [3.8, 4) is 0 Å². The topological polar surface area (TPSA) is 41.6 Å². The van der Waals surface area contributed by atoms with Crippen LogP contribution in [0.5, 0.6) is 0 Å². The molecule has 0 unspecified atom stereocenters. The summed E-state index contributed by atoms with van der Waals surface area (Å²) in [4.78, 5) is 14.4. The van der Waals surface area contributed by atoms with E-state index in [1.54, 1.807) is 4.90 Å².